The van der Waals surface area contributed by atoms with Gasteiger partial charge in [-0.15, -0.1) is 0 Å². The summed E-state index contributed by atoms with van der Waals surface area (Å²) in [6, 6.07) is 2.06. The lowest BCUT2D eigenvalue weighted by atomic mass is 10.2. The number of rotatable bonds is 2. The number of aliphatic hydroxyl groups excluding tert-OH is 1. The molecule has 1 aromatic rings. The number of epoxide rings is 1. The Morgan fingerprint density at radius 3 is 2.50 bits per heavy atom. The van der Waals surface area contributed by atoms with Gasteiger partial charge in [-0.3, -0.25) is 0 Å². The fourth-order valence-electron chi connectivity index (χ4n) is 1.19. The standard InChI is InChI=1S/C8H7F3O3/c9-8(10,11)6-2-1-4(13-6)7-5(3-12)14-7/h1-2,5,7,12H,3H2. The van der Waals surface area contributed by atoms with Gasteiger partial charge in [0.2, 0.25) is 5.76 Å². The third-order valence-electron chi connectivity index (χ3n) is 1.95. The van der Waals surface area contributed by atoms with Gasteiger partial charge in [0.15, 0.2) is 0 Å². The lowest BCUT2D eigenvalue weighted by molar-refractivity contribution is -0.153. The van der Waals surface area contributed by atoms with Crippen molar-refractivity contribution in [2.24, 2.45) is 0 Å². The van der Waals surface area contributed by atoms with Crippen LogP contribution >= 0.6 is 0 Å². The predicted molar refractivity (Wildman–Crippen MR) is 38.4 cm³/mol. The Hall–Kier alpha value is -1.01. The number of halogens is 3. The molecule has 0 spiro atoms. The van der Waals surface area contributed by atoms with E-state index in [1.54, 1.807) is 0 Å². The zero-order chi connectivity index (χ0) is 10.3. The number of hydrogen-bond acceptors (Lipinski definition) is 3. The topological polar surface area (TPSA) is 45.9 Å². The molecular weight excluding hydrogens is 201 g/mol. The van der Waals surface area contributed by atoms with Crippen LogP contribution in [0.3, 0.4) is 0 Å². The molecule has 2 heterocycles. The summed E-state index contributed by atoms with van der Waals surface area (Å²) in [6.45, 7) is -0.216. The van der Waals surface area contributed by atoms with E-state index in [1.165, 1.54) is 6.07 Å². The van der Waals surface area contributed by atoms with Crippen LogP contribution in [0.4, 0.5) is 13.2 Å². The maximum absolute atomic E-state index is 12.1. The minimum atomic E-state index is -4.47. The molecule has 1 saturated heterocycles. The third-order valence-corrected chi connectivity index (χ3v) is 1.95. The molecule has 3 nitrogen and oxygen atoms in total. The second kappa shape index (κ2) is 2.99. The quantitative estimate of drug-likeness (QED) is 0.753. The van der Waals surface area contributed by atoms with E-state index in [2.05, 4.69) is 4.42 Å². The smallest absolute Gasteiger partial charge is 0.449 e. The monoisotopic (exact) mass is 208 g/mol. The van der Waals surface area contributed by atoms with Crippen molar-refractivity contribution in [2.75, 3.05) is 6.61 Å². The molecule has 0 amide bonds. The Labute approximate surface area is 77.1 Å². The zero-order valence-corrected chi connectivity index (χ0v) is 6.91. The Kier molecular flexibility index (Phi) is 2.04. The molecule has 2 unspecified atom stereocenters. The lowest BCUT2D eigenvalue weighted by Crippen LogP contribution is -2.02. The van der Waals surface area contributed by atoms with Gasteiger partial charge in [-0.2, -0.15) is 13.2 Å². The largest absolute Gasteiger partial charge is 0.454 e. The van der Waals surface area contributed by atoms with E-state index in [9.17, 15) is 13.2 Å². The van der Waals surface area contributed by atoms with Gasteiger partial charge in [-0.1, -0.05) is 0 Å². The van der Waals surface area contributed by atoms with Crippen molar-refractivity contribution in [2.45, 2.75) is 18.4 Å². The SMILES string of the molecule is OCC1OC1c1ccc(C(F)(F)F)o1. The fraction of sp³-hybridized carbons (Fsp3) is 0.500. The van der Waals surface area contributed by atoms with Crippen LogP contribution in [-0.2, 0) is 10.9 Å². The fourth-order valence-corrected chi connectivity index (χ4v) is 1.19. The molecule has 1 fully saturated rings. The molecule has 2 atom stereocenters. The van der Waals surface area contributed by atoms with Crippen molar-refractivity contribution in [3.63, 3.8) is 0 Å². The highest BCUT2D eigenvalue weighted by atomic mass is 19.4. The molecular formula is C8H7F3O3. The van der Waals surface area contributed by atoms with E-state index >= 15 is 0 Å². The summed E-state index contributed by atoms with van der Waals surface area (Å²) >= 11 is 0. The van der Waals surface area contributed by atoms with E-state index in [0.717, 1.165) is 6.07 Å². The van der Waals surface area contributed by atoms with Crippen LogP contribution in [-0.4, -0.2) is 17.8 Å². The summed E-state index contributed by atoms with van der Waals surface area (Å²) in [6.07, 6.45) is -5.43. The van der Waals surface area contributed by atoms with Gasteiger partial charge in [0.25, 0.3) is 0 Å². The van der Waals surface area contributed by atoms with Crippen LogP contribution in [0.5, 0.6) is 0 Å². The van der Waals surface area contributed by atoms with E-state index in [1.807, 2.05) is 0 Å². The average Bonchev–Trinajstić information content (AvgIpc) is 2.71. The van der Waals surface area contributed by atoms with E-state index in [-0.39, 0.29) is 12.4 Å². The normalized spacial score (nSPS) is 26.6. The summed E-state index contributed by atoms with van der Waals surface area (Å²) in [5.74, 6) is -0.934. The Morgan fingerprint density at radius 1 is 1.36 bits per heavy atom. The number of ether oxygens (including phenoxy) is 1. The summed E-state index contributed by atoms with van der Waals surface area (Å²) < 4.78 is 45.7. The molecule has 1 aliphatic heterocycles. The van der Waals surface area contributed by atoms with E-state index in [0.29, 0.717) is 0 Å². The summed E-state index contributed by atoms with van der Waals surface area (Å²) in [5.41, 5.74) is 0. The number of aliphatic hydroxyl groups is 1. The highest BCUT2D eigenvalue weighted by Crippen LogP contribution is 2.41. The molecule has 0 radical (unpaired) electrons. The van der Waals surface area contributed by atoms with Gasteiger partial charge < -0.3 is 14.3 Å². The van der Waals surface area contributed by atoms with Gasteiger partial charge in [0.1, 0.15) is 18.0 Å². The van der Waals surface area contributed by atoms with Gasteiger partial charge >= 0.3 is 6.18 Å². The minimum Gasteiger partial charge on any atom is -0.454 e. The van der Waals surface area contributed by atoms with Crippen molar-refractivity contribution in [1.82, 2.24) is 0 Å². The van der Waals surface area contributed by atoms with E-state index < -0.39 is 24.1 Å². The van der Waals surface area contributed by atoms with Gasteiger partial charge in [-0.05, 0) is 12.1 Å². The number of furan rings is 1. The molecule has 6 heteroatoms. The summed E-state index contributed by atoms with van der Waals surface area (Å²) in [4.78, 5) is 0. The first-order valence-electron chi connectivity index (χ1n) is 3.95. The van der Waals surface area contributed by atoms with Crippen LogP contribution in [0.15, 0.2) is 16.5 Å². The van der Waals surface area contributed by atoms with Crippen molar-refractivity contribution in [1.29, 1.82) is 0 Å². The maximum Gasteiger partial charge on any atom is 0.449 e. The Morgan fingerprint density at radius 2 is 2.07 bits per heavy atom. The lowest BCUT2D eigenvalue weighted by Gasteiger charge is -1.99. The van der Waals surface area contributed by atoms with Crippen LogP contribution in [0.25, 0.3) is 0 Å². The molecule has 0 aromatic carbocycles. The number of alkyl halides is 3. The first-order valence-corrected chi connectivity index (χ1v) is 3.95. The predicted octanol–water partition coefficient (Wildman–Crippen LogP) is 1.73. The molecule has 78 valence electrons. The van der Waals surface area contributed by atoms with E-state index in [4.69, 9.17) is 9.84 Å². The van der Waals surface area contributed by atoms with Gasteiger partial charge in [0.05, 0.1) is 6.61 Å². The second-order valence-electron chi connectivity index (χ2n) is 2.98. The molecule has 0 bridgehead atoms. The molecule has 1 N–H and O–H groups in total. The van der Waals surface area contributed by atoms with Crippen molar-refractivity contribution >= 4 is 0 Å². The number of hydrogen-bond donors (Lipinski definition) is 1. The molecule has 0 aliphatic carbocycles. The first kappa shape index (κ1) is 9.54. The van der Waals surface area contributed by atoms with Gasteiger partial charge in [0, 0.05) is 0 Å². The molecule has 2 rings (SSSR count). The average molecular weight is 208 g/mol. The highest BCUT2D eigenvalue weighted by Gasteiger charge is 2.44. The van der Waals surface area contributed by atoms with Crippen LogP contribution in [0.2, 0.25) is 0 Å². The third kappa shape index (κ3) is 1.62. The van der Waals surface area contributed by atoms with Crippen molar-refractivity contribution in [3.05, 3.63) is 23.7 Å². The van der Waals surface area contributed by atoms with Crippen molar-refractivity contribution < 1.29 is 27.4 Å². The second-order valence-corrected chi connectivity index (χ2v) is 2.98. The Bertz CT molecular complexity index is 331. The Balaban J connectivity index is 2.12. The molecule has 1 aromatic heterocycles. The van der Waals surface area contributed by atoms with Crippen LogP contribution in [0.1, 0.15) is 17.6 Å². The molecule has 14 heavy (non-hydrogen) atoms. The first-order chi connectivity index (χ1) is 6.52. The van der Waals surface area contributed by atoms with Crippen LogP contribution < -0.4 is 0 Å². The highest BCUT2D eigenvalue weighted by molar-refractivity contribution is 5.16. The molecule has 0 saturated carbocycles. The minimum absolute atomic E-state index is 0.108. The zero-order valence-electron chi connectivity index (χ0n) is 6.91. The van der Waals surface area contributed by atoms with Gasteiger partial charge in [-0.25, -0.2) is 0 Å². The molecule has 1 aliphatic rings. The maximum atomic E-state index is 12.1. The van der Waals surface area contributed by atoms with Crippen molar-refractivity contribution in [3.8, 4) is 0 Å². The summed E-state index contributed by atoms with van der Waals surface area (Å²) in [7, 11) is 0. The summed E-state index contributed by atoms with van der Waals surface area (Å²) in [5, 5.41) is 8.62. The van der Waals surface area contributed by atoms with Crippen LogP contribution in [0, 0.1) is 0 Å².